The molecule has 2 aromatic carbocycles. The Morgan fingerprint density at radius 2 is 1.73 bits per heavy atom. The first kappa shape index (κ1) is 16.6. The normalized spacial score (nSPS) is 10.1. The van der Waals surface area contributed by atoms with Crippen molar-refractivity contribution < 1.29 is 14.3 Å². The number of benzene rings is 2. The van der Waals surface area contributed by atoms with Gasteiger partial charge in [-0.1, -0.05) is 0 Å². The highest BCUT2D eigenvalue weighted by molar-refractivity contribution is 14.1. The van der Waals surface area contributed by atoms with Crippen LogP contribution in [-0.2, 0) is 0 Å². The first-order valence-electron chi connectivity index (χ1n) is 7.10. The Morgan fingerprint density at radius 3 is 2.36 bits per heavy atom. The maximum atomic E-state index is 12.3. The molecular formula is C17H18INO3. The van der Waals surface area contributed by atoms with Crippen molar-refractivity contribution in [2.75, 3.05) is 18.5 Å². The van der Waals surface area contributed by atoms with Crippen LogP contribution in [-0.4, -0.2) is 19.1 Å². The van der Waals surface area contributed by atoms with Crippen molar-refractivity contribution in [3.63, 3.8) is 0 Å². The van der Waals surface area contributed by atoms with Crippen LogP contribution < -0.4 is 14.8 Å². The Labute approximate surface area is 144 Å². The zero-order valence-electron chi connectivity index (χ0n) is 12.6. The molecule has 2 aromatic rings. The number of rotatable bonds is 6. The number of hydrogen-bond donors (Lipinski definition) is 1. The van der Waals surface area contributed by atoms with Gasteiger partial charge in [0.1, 0.15) is 11.5 Å². The first-order chi connectivity index (χ1) is 10.6. The molecule has 22 heavy (non-hydrogen) atoms. The quantitative estimate of drug-likeness (QED) is 0.720. The monoisotopic (exact) mass is 411 g/mol. The molecule has 0 aliphatic rings. The molecule has 0 aliphatic heterocycles. The zero-order chi connectivity index (χ0) is 15.9. The minimum Gasteiger partial charge on any atom is -0.494 e. The molecule has 116 valence electrons. The van der Waals surface area contributed by atoms with Gasteiger partial charge in [0.15, 0.2) is 0 Å². The fourth-order valence-corrected chi connectivity index (χ4v) is 2.30. The van der Waals surface area contributed by atoms with Crippen molar-refractivity contribution in [2.45, 2.75) is 13.8 Å². The van der Waals surface area contributed by atoms with Crippen molar-refractivity contribution >= 4 is 34.2 Å². The second-order valence-corrected chi connectivity index (χ2v) is 5.73. The molecule has 1 N–H and O–H groups in total. The van der Waals surface area contributed by atoms with Crippen molar-refractivity contribution in [3.8, 4) is 11.5 Å². The predicted octanol–water partition coefficient (Wildman–Crippen LogP) is 4.34. The fraction of sp³-hybridized carbons (Fsp3) is 0.235. The molecule has 0 heterocycles. The molecule has 0 radical (unpaired) electrons. The number of nitrogens with one attached hydrogen (secondary N) is 1. The van der Waals surface area contributed by atoms with Crippen LogP contribution in [0.2, 0.25) is 0 Å². The van der Waals surface area contributed by atoms with Gasteiger partial charge in [0.05, 0.1) is 18.9 Å². The number of carbonyl (C=O) groups is 1. The molecule has 2 rings (SSSR count). The summed E-state index contributed by atoms with van der Waals surface area (Å²) in [4.78, 5) is 12.3. The van der Waals surface area contributed by atoms with Gasteiger partial charge < -0.3 is 14.8 Å². The summed E-state index contributed by atoms with van der Waals surface area (Å²) in [5.74, 6) is 1.15. The molecule has 0 aromatic heterocycles. The molecule has 0 saturated heterocycles. The Hall–Kier alpha value is -1.76. The van der Waals surface area contributed by atoms with E-state index in [0.29, 0.717) is 36.0 Å². The number of anilines is 1. The summed E-state index contributed by atoms with van der Waals surface area (Å²) < 4.78 is 12.1. The molecule has 0 unspecified atom stereocenters. The van der Waals surface area contributed by atoms with Crippen LogP contribution in [0.5, 0.6) is 11.5 Å². The Kier molecular flexibility index (Phi) is 6.06. The summed E-state index contributed by atoms with van der Waals surface area (Å²) in [7, 11) is 0. The summed E-state index contributed by atoms with van der Waals surface area (Å²) in [5, 5.41) is 2.88. The predicted molar refractivity (Wildman–Crippen MR) is 95.9 cm³/mol. The summed E-state index contributed by atoms with van der Waals surface area (Å²) >= 11 is 2.21. The average molecular weight is 411 g/mol. The van der Waals surface area contributed by atoms with E-state index in [2.05, 4.69) is 27.9 Å². The first-order valence-corrected chi connectivity index (χ1v) is 8.18. The molecule has 0 saturated carbocycles. The standard InChI is InChI=1S/C17H18INO3/c1-3-21-14-9-10-16(22-4-2)15(11-14)19-17(20)12-5-7-13(18)8-6-12/h5-11H,3-4H2,1-2H3,(H,19,20). The van der Waals surface area contributed by atoms with Crippen molar-refractivity contribution in [2.24, 2.45) is 0 Å². The summed E-state index contributed by atoms with van der Waals surface area (Å²) in [6.45, 7) is 4.92. The summed E-state index contributed by atoms with van der Waals surface area (Å²) in [6.07, 6.45) is 0. The number of halogens is 1. The SMILES string of the molecule is CCOc1ccc(OCC)c(NC(=O)c2ccc(I)cc2)c1. The van der Waals surface area contributed by atoms with Crippen LogP contribution in [0.3, 0.4) is 0 Å². The maximum absolute atomic E-state index is 12.3. The zero-order valence-corrected chi connectivity index (χ0v) is 14.7. The molecule has 5 heteroatoms. The number of carbonyl (C=O) groups excluding carboxylic acids is 1. The highest BCUT2D eigenvalue weighted by atomic mass is 127. The lowest BCUT2D eigenvalue weighted by Gasteiger charge is -2.13. The Bertz CT molecular complexity index is 641. The molecule has 0 aliphatic carbocycles. The van der Waals surface area contributed by atoms with Gasteiger partial charge in [-0.05, 0) is 72.8 Å². The van der Waals surface area contributed by atoms with Gasteiger partial charge >= 0.3 is 0 Å². The molecule has 0 spiro atoms. The maximum Gasteiger partial charge on any atom is 0.255 e. The molecule has 4 nitrogen and oxygen atoms in total. The third kappa shape index (κ3) is 4.37. The minimum atomic E-state index is -0.175. The van der Waals surface area contributed by atoms with Crippen LogP contribution in [0, 0.1) is 3.57 Å². The highest BCUT2D eigenvalue weighted by Crippen LogP contribution is 2.30. The number of ether oxygens (including phenoxy) is 2. The molecule has 0 fully saturated rings. The van der Waals surface area contributed by atoms with E-state index in [9.17, 15) is 4.79 Å². The van der Waals surface area contributed by atoms with Crippen LogP contribution >= 0.6 is 22.6 Å². The second kappa shape index (κ2) is 8.03. The molecule has 0 bridgehead atoms. The van der Waals surface area contributed by atoms with Crippen LogP contribution in [0.1, 0.15) is 24.2 Å². The lowest BCUT2D eigenvalue weighted by molar-refractivity contribution is 0.102. The van der Waals surface area contributed by atoms with E-state index in [1.807, 2.05) is 32.0 Å². The lowest BCUT2D eigenvalue weighted by atomic mass is 10.2. The van der Waals surface area contributed by atoms with E-state index in [1.54, 1.807) is 24.3 Å². The molecule has 1 amide bonds. The third-order valence-corrected chi connectivity index (χ3v) is 3.64. The summed E-state index contributed by atoms with van der Waals surface area (Å²) in [6, 6.07) is 12.8. The minimum absolute atomic E-state index is 0.175. The second-order valence-electron chi connectivity index (χ2n) is 4.49. The fourth-order valence-electron chi connectivity index (χ4n) is 1.94. The van der Waals surface area contributed by atoms with E-state index in [0.717, 1.165) is 3.57 Å². The number of amides is 1. The van der Waals surface area contributed by atoms with Crippen LogP contribution in [0.4, 0.5) is 5.69 Å². The van der Waals surface area contributed by atoms with Gasteiger partial charge in [-0.3, -0.25) is 4.79 Å². The highest BCUT2D eigenvalue weighted by Gasteiger charge is 2.11. The molecular weight excluding hydrogens is 393 g/mol. The smallest absolute Gasteiger partial charge is 0.255 e. The van der Waals surface area contributed by atoms with Crippen LogP contribution in [0.25, 0.3) is 0 Å². The lowest BCUT2D eigenvalue weighted by Crippen LogP contribution is -2.13. The number of hydrogen-bond acceptors (Lipinski definition) is 3. The topological polar surface area (TPSA) is 47.6 Å². The average Bonchev–Trinajstić information content (AvgIpc) is 2.51. The Morgan fingerprint density at radius 1 is 1.05 bits per heavy atom. The van der Waals surface area contributed by atoms with Crippen LogP contribution in [0.15, 0.2) is 42.5 Å². The van der Waals surface area contributed by atoms with Crippen molar-refractivity contribution in [3.05, 3.63) is 51.6 Å². The van der Waals surface area contributed by atoms with Gasteiger partial charge in [0.2, 0.25) is 0 Å². The Balaban J connectivity index is 2.23. The van der Waals surface area contributed by atoms with Crippen molar-refractivity contribution in [1.29, 1.82) is 0 Å². The van der Waals surface area contributed by atoms with Gasteiger partial charge in [0, 0.05) is 15.2 Å². The van der Waals surface area contributed by atoms with E-state index >= 15 is 0 Å². The van der Waals surface area contributed by atoms with E-state index < -0.39 is 0 Å². The van der Waals surface area contributed by atoms with Gasteiger partial charge in [0.25, 0.3) is 5.91 Å². The van der Waals surface area contributed by atoms with Gasteiger partial charge in [-0.2, -0.15) is 0 Å². The largest absolute Gasteiger partial charge is 0.494 e. The van der Waals surface area contributed by atoms with E-state index in [-0.39, 0.29) is 5.91 Å². The molecule has 0 atom stereocenters. The third-order valence-electron chi connectivity index (χ3n) is 2.92. The van der Waals surface area contributed by atoms with Gasteiger partial charge in [-0.15, -0.1) is 0 Å². The van der Waals surface area contributed by atoms with Gasteiger partial charge in [-0.25, -0.2) is 0 Å². The van der Waals surface area contributed by atoms with E-state index in [1.165, 1.54) is 0 Å². The summed E-state index contributed by atoms with van der Waals surface area (Å²) in [5.41, 5.74) is 1.21. The van der Waals surface area contributed by atoms with Crippen molar-refractivity contribution in [1.82, 2.24) is 0 Å². The van der Waals surface area contributed by atoms with E-state index in [4.69, 9.17) is 9.47 Å².